The molecule has 1 heterocycles. The van der Waals surface area contributed by atoms with Crippen LogP contribution in [0, 0.1) is 0 Å². The van der Waals surface area contributed by atoms with Crippen molar-refractivity contribution in [1.29, 1.82) is 0 Å². The van der Waals surface area contributed by atoms with Crippen molar-refractivity contribution in [2.45, 2.75) is 20.4 Å². The minimum absolute atomic E-state index is 0.187. The van der Waals surface area contributed by atoms with Crippen molar-refractivity contribution in [3.05, 3.63) is 52.1 Å². The molecule has 0 aliphatic rings. The van der Waals surface area contributed by atoms with Gasteiger partial charge in [0.25, 0.3) is 0 Å². The van der Waals surface area contributed by atoms with E-state index in [-0.39, 0.29) is 17.3 Å². The Morgan fingerprint density at radius 2 is 1.81 bits per heavy atom. The van der Waals surface area contributed by atoms with E-state index in [9.17, 15) is 9.59 Å². The van der Waals surface area contributed by atoms with E-state index < -0.39 is 11.8 Å². The van der Waals surface area contributed by atoms with Gasteiger partial charge in [-0.3, -0.25) is 9.59 Å². The van der Waals surface area contributed by atoms with E-state index in [4.69, 9.17) is 23.2 Å². The van der Waals surface area contributed by atoms with Crippen LogP contribution >= 0.6 is 23.2 Å². The van der Waals surface area contributed by atoms with Crippen LogP contribution in [-0.2, 0) is 16.1 Å². The number of carbonyl (C=O) groups is 2. The molecule has 138 valence electrons. The molecular weight excluding hydrogens is 375 g/mol. The quantitative estimate of drug-likeness (QED) is 0.735. The lowest BCUT2D eigenvalue weighted by molar-refractivity contribution is -0.136. The Kier molecular flexibility index (Phi) is 7.24. The highest BCUT2D eigenvalue weighted by atomic mass is 35.5. The molecule has 0 aliphatic heterocycles. The van der Waals surface area contributed by atoms with Gasteiger partial charge in [-0.1, -0.05) is 35.3 Å². The summed E-state index contributed by atoms with van der Waals surface area (Å²) in [5, 5.41) is 5.47. The molecule has 0 unspecified atom stereocenters. The van der Waals surface area contributed by atoms with Crippen LogP contribution in [0.1, 0.15) is 19.4 Å². The number of pyridine rings is 1. The first-order valence-corrected chi connectivity index (χ1v) is 8.94. The number of amides is 2. The van der Waals surface area contributed by atoms with Crippen molar-refractivity contribution in [2.75, 3.05) is 23.3 Å². The summed E-state index contributed by atoms with van der Waals surface area (Å²) in [6.07, 6.45) is 1.68. The molecule has 0 spiro atoms. The number of nitrogens with zero attached hydrogens (tertiary/aromatic N) is 2. The highest BCUT2D eigenvalue weighted by Gasteiger charge is 2.15. The van der Waals surface area contributed by atoms with Gasteiger partial charge in [-0.15, -0.1) is 0 Å². The fraction of sp³-hybridized carbons (Fsp3) is 0.278. The van der Waals surface area contributed by atoms with Crippen LogP contribution in [0.15, 0.2) is 36.5 Å². The van der Waals surface area contributed by atoms with Gasteiger partial charge >= 0.3 is 11.8 Å². The molecule has 26 heavy (non-hydrogen) atoms. The summed E-state index contributed by atoms with van der Waals surface area (Å²) in [4.78, 5) is 30.4. The minimum Gasteiger partial charge on any atom is -0.357 e. The summed E-state index contributed by atoms with van der Waals surface area (Å²) in [7, 11) is 0. The highest BCUT2D eigenvalue weighted by Crippen LogP contribution is 2.29. The highest BCUT2D eigenvalue weighted by molar-refractivity contribution is 6.45. The molecule has 0 bridgehead atoms. The minimum atomic E-state index is -0.818. The zero-order chi connectivity index (χ0) is 19.1. The fourth-order valence-corrected chi connectivity index (χ4v) is 2.65. The zero-order valence-corrected chi connectivity index (χ0v) is 16.1. The van der Waals surface area contributed by atoms with Gasteiger partial charge in [0.15, 0.2) is 0 Å². The summed E-state index contributed by atoms with van der Waals surface area (Å²) in [5.41, 5.74) is 1.08. The molecule has 1 aromatic heterocycles. The van der Waals surface area contributed by atoms with Gasteiger partial charge in [-0.2, -0.15) is 0 Å². The van der Waals surface area contributed by atoms with Crippen molar-refractivity contribution in [3.63, 3.8) is 0 Å². The lowest BCUT2D eigenvalue weighted by Crippen LogP contribution is -2.35. The molecule has 2 amide bonds. The van der Waals surface area contributed by atoms with Crippen LogP contribution in [0.25, 0.3) is 0 Å². The third kappa shape index (κ3) is 5.09. The topological polar surface area (TPSA) is 74.3 Å². The van der Waals surface area contributed by atoms with Crippen molar-refractivity contribution in [3.8, 4) is 0 Å². The van der Waals surface area contributed by atoms with E-state index in [1.165, 1.54) is 0 Å². The predicted octanol–water partition coefficient (Wildman–Crippen LogP) is 3.49. The second-order valence-electron chi connectivity index (χ2n) is 5.44. The van der Waals surface area contributed by atoms with Gasteiger partial charge in [-0.05, 0) is 37.6 Å². The van der Waals surface area contributed by atoms with Crippen molar-refractivity contribution in [2.24, 2.45) is 0 Å². The normalized spacial score (nSPS) is 10.3. The van der Waals surface area contributed by atoms with E-state index in [0.29, 0.717) is 5.02 Å². The van der Waals surface area contributed by atoms with Crippen molar-refractivity contribution >= 4 is 46.5 Å². The third-order valence-corrected chi connectivity index (χ3v) is 4.57. The number of nitrogens with one attached hydrogen (secondary N) is 2. The van der Waals surface area contributed by atoms with Crippen molar-refractivity contribution in [1.82, 2.24) is 10.3 Å². The van der Waals surface area contributed by atoms with Crippen LogP contribution in [0.2, 0.25) is 10.0 Å². The van der Waals surface area contributed by atoms with E-state index >= 15 is 0 Å². The number of aromatic nitrogens is 1. The molecule has 6 nitrogen and oxygen atoms in total. The van der Waals surface area contributed by atoms with Gasteiger partial charge in [0.1, 0.15) is 5.82 Å². The van der Waals surface area contributed by atoms with Gasteiger partial charge in [0.2, 0.25) is 0 Å². The monoisotopic (exact) mass is 394 g/mol. The van der Waals surface area contributed by atoms with Crippen LogP contribution in [0.5, 0.6) is 0 Å². The Balaban J connectivity index is 1.91. The molecule has 0 saturated carbocycles. The van der Waals surface area contributed by atoms with Crippen LogP contribution in [0.3, 0.4) is 0 Å². The van der Waals surface area contributed by atoms with Gasteiger partial charge in [0.05, 0.1) is 15.7 Å². The fourth-order valence-electron chi connectivity index (χ4n) is 2.30. The number of anilines is 2. The molecular formula is C18H20Cl2N4O2. The average Bonchev–Trinajstić information content (AvgIpc) is 2.65. The first-order valence-electron chi connectivity index (χ1n) is 8.19. The Hall–Kier alpha value is -2.31. The molecule has 2 N–H and O–H groups in total. The number of rotatable bonds is 6. The maximum Gasteiger partial charge on any atom is 0.313 e. The Labute approximate surface area is 162 Å². The van der Waals surface area contributed by atoms with E-state index in [1.54, 1.807) is 24.4 Å². The average molecular weight is 395 g/mol. The second kappa shape index (κ2) is 9.40. The number of hydrogen-bond donors (Lipinski definition) is 2. The Morgan fingerprint density at radius 1 is 1.08 bits per heavy atom. The molecule has 2 rings (SSSR count). The number of carbonyl (C=O) groups excluding carboxylic acids is 2. The molecule has 0 fully saturated rings. The molecule has 8 heteroatoms. The van der Waals surface area contributed by atoms with E-state index in [1.807, 2.05) is 12.1 Å². The standard InChI is InChI=1S/C18H20Cl2N4O2/c1-3-24(4-2)15-9-8-12(10-21-15)11-22-17(25)18(26)23-14-7-5-6-13(19)16(14)20/h5-10H,3-4,11H2,1-2H3,(H,22,25)(H,23,26). The van der Waals surface area contributed by atoms with Gasteiger partial charge < -0.3 is 15.5 Å². The van der Waals surface area contributed by atoms with Crippen LogP contribution < -0.4 is 15.5 Å². The molecule has 0 atom stereocenters. The SMILES string of the molecule is CCN(CC)c1ccc(CNC(=O)C(=O)Nc2cccc(Cl)c2Cl)cn1. The van der Waals surface area contributed by atoms with Gasteiger partial charge in [0, 0.05) is 25.8 Å². The lowest BCUT2D eigenvalue weighted by Gasteiger charge is -2.19. The predicted molar refractivity (Wildman–Crippen MR) is 105 cm³/mol. The number of hydrogen-bond acceptors (Lipinski definition) is 4. The molecule has 0 saturated heterocycles. The Bertz CT molecular complexity index is 777. The summed E-state index contributed by atoms with van der Waals surface area (Å²) >= 11 is 11.9. The molecule has 0 radical (unpaired) electrons. The maximum atomic E-state index is 12.0. The smallest absolute Gasteiger partial charge is 0.313 e. The molecule has 0 aliphatic carbocycles. The van der Waals surface area contributed by atoms with E-state index in [2.05, 4.69) is 34.4 Å². The summed E-state index contributed by atoms with van der Waals surface area (Å²) < 4.78 is 0. The Morgan fingerprint density at radius 3 is 2.42 bits per heavy atom. The molecule has 2 aromatic rings. The molecule has 1 aromatic carbocycles. The van der Waals surface area contributed by atoms with Crippen LogP contribution in [0.4, 0.5) is 11.5 Å². The first-order chi connectivity index (χ1) is 12.5. The summed E-state index contributed by atoms with van der Waals surface area (Å²) in [5.74, 6) is -0.714. The second-order valence-corrected chi connectivity index (χ2v) is 6.22. The first kappa shape index (κ1) is 20.0. The summed E-state index contributed by atoms with van der Waals surface area (Å²) in [6.45, 7) is 6.05. The number of halogens is 2. The van der Waals surface area contributed by atoms with Crippen LogP contribution in [-0.4, -0.2) is 29.9 Å². The maximum absolute atomic E-state index is 12.0. The zero-order valence-electron chi connectivity index (χ0n) is 14.6. The third-order valence-electron chi connectivity index (χ3n) is 3.76. The van der Waals surface area contributed by atoms with Gasteiger partial charge in [-0.25, -0.2) is 4.98 Å². The van der Waals surface area contributed by atoms with E-state index in [0.717, 1.165) is 24.5 Å². The van der Waals surface area contributed by atoms with Crippen molar-refractivity contribution < 1.29 is 9.59 Å². The number of benzene rings is 1. The lowest BCUT2D eigenvalue weighted by atomic mass is 10.2. The largest absolute Gasteiger partial charge is 0.357 e. The summed E-state index contributed by atoms with van der Waals surface area (Å²) in [6, 6.07) is 8.54.